The summed E-state index contributed by atoms with van der Waals surface area (Å²) in [4.78, 5) is 12.2. The number of carbonyl (C=O) groups is 1. The van der Waals surface area contributed by atoms with Crippen molar-refractivity contribution in [2.45, 2.75) is 52.0 Å². The average Bonchev–Trinajstić information content (AvgIpc) is 2.65. The lowest BCUT2D eigenvalue weighted by molar-refractivity contribution is -0.121. The van der Waals surface area contributed by atoms with Crippen molar-refractivity contribution in [2.24, 2.45) is 0 Å². The lowest BCUT2D eigenvalue weighted by Crippen LogP contribution is -2.26. The van der Waals surface area contributed by atoms with E-state index >= 15 is 0 Å². The van der Waals surface area contributed by atoms with Gasteiger partial charge in [-0.05, 0) is 54.2 Å². The molecule has 2 aromatic carbocycles. The normalized spacial score (nSPS) is 12.3. The summed E-state index contributed by atoms with van der Waals surface area (Å²) in [6.07, 6.45) is 1.12. The van der Waals surface area contributed by atoms with Crippen LogP contribution in [0.25, 0.3) is 0 Å². The van der Waals surface area contributed by atoms with Crippen molar-refractivity contribution in [3.63, 3.8) is 0 Å². The van der Waals surface area contributed by atoms with Crippen LogP contribution in [0.5, 0.6) is 11.5 Å². The fraction of sp³-hybridized carbons (Fsp3) is 0.435. The van der Waals surface area contributed by atoms with Crippen LogP contribution in [-0.4, -0.2) is 19.6 Å². The van der Waals surface area contributed by atoms with Crippen LogP contribution in [0.3, 0.4) is 0 Å². The molecule has 1 atom stereocenters. The van der Waals surface area contributed by atoms with E-state index in [1.54, 1.807) is 7.11 Å². The van der Waals surface area contributed by atoms with Crippen molar-refractivity contribution in [3.05, 3.63) is 59.7 Å². The molecule has 0 heterocycles. The van der Waals surface area contributed by atoms with Crippen LogP contribution in [0.2, 0.25) is 0 Å². The van der Waals surface area contributed by atoms with Crippen LogP contribution in [-0.2, 0) is 10.2 Å². The Labute approximate surface area is 162 Å². The molecule has 2 aromatic rings. The first kappa shape index (κ1) is 20.8. The molecule has 0 saturated heterocycles. The fourth-order valence-electron chi connectivity index (χ4n) is 2.76. The Kier molecular flexibility index (Phi) is 7.28. The first-order valence-electron chi connectivity index (χ1n) is 9.46. The van der Waals surface area contributed by atoms with Gasteiger partial charge in [0.25, 0.3) is 0 Å². The van der Waals surface area contributed by atoms with Crippen LogP contribution >= 0.6 is 0 Å². The average molecular weight is 370 g/mol. The van der Waals surface area contributed by atoms with Gasteiger partial charge in [-0.3, -0.25) is 4.79 Å². The van der Waals surface area contributed by atoms with Gasteiger partial charge in [0.2, 0.25) is 5.91 Å². The molecule has 0 unspecified atom stereocenters. The Morgan fingerprint density at radius 1 is 1.00 bits per heavy atom. The molecule has 0 aliphatic heterocycles. The van der Waals surface area contributed by atoms with Crippen molar-refractivity contribution >= 4 is 5.91 Å². The summed E-state index contributed by atoms with van der Waals surface area (Å²) in [7, 11) is 1.63. The quantitative estimate of drug-likeness (QED) is 0.664. The first-order chi connectivity index (χ1) is 12.8. The topological polar surface area (TPSA) is 47.6 Å². The summed E-state index contributed by atoms with van der Waals surface area (Å²) in [5.74, 6) is 1.62. The Hall–Kier alpha value is -2.49. The van der Waals surface area contributed by atoms with Gasteiger partial charge in [-0.15, -0.1) is 0 Å². The van der Waals surface area contributed by atoms with E-state index in [4.69, 9.17) is 9.47 Å². The summed E-state index contributed by atoms with van der Waals surface area (Å²) in [6.45, 7) is 9.11. The van der Waals surface area contributed by atoms with Gasteiger partial charge in [0.15, 0.2) is 0 Å². The maximum absolute atomic E-state index is 12.2. The van der Waals surface area contributed by atoms with Crippen LogP contribution in [0.1, 0.15) is 57.7 Å². The number of ether oxygens (including phenoxy) is 2. The van der Waals surface area contributed by atoms with Gasteiger partial charge in [0, 0.05) is 6.42 Å². The van der Waals surface area contributed by atoms with E-state index in [-0.39, 0.29) is 17.4 Å². The molecule has 146 valence electrons. The zero-order chi connectivity index (χ0) is 19.9. The van der Waals surface area contributed by atoms with Crippen molar-refractivity contribution in [1.82, 2.24) is 5.32 Å². The van der Waals surface area contributed by atoms with Crippen molar-refractivity contribution in [1.29, 1.82) is 0 Å². The highest BCUT2D eigenvalue weighted by molar-refractivity contribution is 5.76. The minimum Gasteiger partial charge on any atom is -0.497 e. The zero-order valence-electron chi connectivity index (χ0n) is 17.0. The maximum Gasteiger partial charge on any atom is 0.220 e. The Balaban J connectivity index is 1.73. The molecule has 0 radical (unpaired) electrons. The number of hydrogen-bond acceptors (Lipinski definition) is 3. The number of nitrogens with one attached hydrogen (secondary N) is 1. The minimum atomic E-state index is -0.00553. The molecule has 4 nitrogen and oxygen atoms in total. The highest BCUT2D eigenvalue weighted by Crippen LogP contribution is 2.24. The Morgan fingerprint density at radius 3 is 2.15 bits per heavy atom. The van der Waals surface area contributed by atoms with Gasteiger partial charge in [-0.2, -0.15) is 0 Å². The highest BCUT2D eigenvalue weighted by Gasteiger charge is 2.14. The van der Waals surface area contributed by atoms with Crippen molar-refractivity contribution < 1.29 is 14.3 Å². The predicted molar refractivity (Wildman–Crippen MR) is 109 cm³/mol. The van der Waals surface area contributed by atoms with E-state index in [1.807, 2.05) is 31.2 Å². The fourth-order valence-corrected chi connectivity index (χ4v) is 2.76. The number of hydrogen-bond donors (Lipinski definition) is 1. The molecule has 0 saturated carbocycles. The highest BCUT2D eigenvalue weighted by atomic mass is 16.5. The van der Waals surface area contributed by atoms with Gasteiger partial charge in [0.1, 0.15) is 11.5 Å². The molecule has 27 heavy (non-hydrogen) atoms. The molecule has 0 bridgehead atoms. The van der Waals surface area contributed by atoms with E-state index in [2.05, 4.69) is 50.4 Å². The van der Waals surface area contributed by atoms with Gasteiger partial charge in [-0.1, -0.05) is 45.0 Å². The van der Waals surface area contributed by atoms with Crippen LogP contribution in [0.15, 0.2) is 48.5 Å². The smallest absolute Gasteiger partial charge is 0.220 e. The van der Waals surface area contributed by atoms with Crippen LogP contribution in [0, 0.1) is 0 Å². The lowest BCUT2D eigenvalue weighted by Gasteiger charge is -2.20. The summed E-state index contributed by atoms with van der Waals surface area (Å²) < 4.78 is 10.8. The third-order valence-electron chi connectivity index (χ3n) is 4.53. The van der Waals surface area contributed by atoms with Crippen molar-refractivity contribution in [2.75, 3.05) is 13.7 Å². The summed E-state index contributed by atoms with van der Waals surface area (Å²) in [5, 5.41) is 3.06. The molecular weight excluding hydrogens is 338 g/mol. The number of benzene rings is 2. The second-order valence-corrected chi connectivity index (χ2v) is 7.79. The molecule has 1 N–H and O–H groups in total. The van der Waals surface area contributed by atoms with E-state index < -0.39 is 0 Å². The molecule has 0 aliphatic carbocycles. The largest absolute Gasteiger partial charge is 0.497 e. The molecule has 4 heteroatoms. The number of methoxy groups -OCH3 is 1. The molecule has 0 aliphatic rings. The monoisotopic (exact) mass is 369 g/mol. The van der Waals surface area contributed by atoms with E-state index in [9.17, 15) is 4.79 Å². The van der Waals surface area contributed by atoms with Gasteiger partial charge in [0.05, 0.1) is 19.8 Å². The lowest BCUT2D eigenvalue weighted by atomic mass is 9.86. The Morgan fingerprint density at radius 2 is 1.59 bits per heavy atom. The molecule has 1 amide bonds. The number of rotatable bonds is 8. The number of amides is 1. The number of carbonyl (C=O) groups excluding carboxylic acids is 1. The molecule has 0 aromatic heterocycles. The summed E-state index contributed by atoms with van der Waals surface area (Å²) in [6, 6.07) is 15.9. The van der Waals surface area contributed by atoms with Gasteiger partial charge >= 0.3 is 0 Å². The third-order valence-corrected chi connectivity index (χ3v) is 4.53. The zero-order valence-corrected chi connectivity index (χ0v) is 17.0. The first-order valence-corrected chi connectivity index (χ1v) is 9.46. The molecule has 0 spiro atoms. The molecular formula is C23H31NO3. The van der Waals surface area contributed by atoms with E-state index in [0.29, 0.717) is 19.4 Å². The maximum atomic E-state index is 12.2. The molecule has 2 rings (SSSR count). The van der Waals surface area contributed by atoms with Crippen LogP contribution < -0.4 is 14.8 Å². The summed E-state index contributed by atoms with van der Waals surface area (Å²) >= 11 is 0. The van der Waals surface area contributed by atoms with Crippen molar-refractivity contribution in [3.8, 4) is 11.5 Å². The minimum absolute atomic E-state index is 0.00553. The summed E-state index contributed by atoms with van der Waals surface area (Å²) in [5.41, 5.74) is 2.54. The molecule has 0 fully saturated rings. The van der Waals surface area contributed by atoms with E-state index in [0.717, 1.165) is 17.1 Å². The SMILES string of the molecule is COc1ccc(OCCCC(=O)N[C@H](C)c2ccc(C(C)(C)C)cc2)cc1. The standard InChI is InChI=1S/C23H31NO3/c1-17(18-8-10-19(11-9-18)23(2,3)4)24-22(25)7-6-16-27-21-14-12-20(26-5)13-15-21/h8-15,17H,6-7,16H2,1-5H3,(H,24,25)/t17-/m1/s1. The third kappa shape index (κ3) is 6.63. The van der Waals surface area contributed by atoms with Gasteiger partial charge < -0.3 is 14.8 Å². The second kappa shape index (κ2) is 9.45. The van der Waals surface area contributed by atoms with Crippen LogP contribution in [0.4, 0.5) is 0 Å². The predicted octanol–water partition coefficient (Wildman–Crippen LogP) is 5.03. The van der Waals surface area contributed by atoms with E-state index in [1.165, 1.54) is 5.56 Å². The Bertz CT molecular complexity index is 715. The second-order valence-electron chi connectivity index (χ2n) is 7.79. The van der Waals surface area contributed by atoms with Gasteiger partial charge in [-0.25, -0.2) is 0 Å².